The standard InChI is InChI=1S/C15H20N4O/c1-3-4-9-16-14-10-15(18-11-17-14)19-12-5-7-13(20-2)8-6-12/h5-8,10-11H,3-4,9H2,1-2H3,(H2,16,17,18,19). The average molecular weight is 272 g/mol. The molecule has 1 aromatic heterocycles. The van der Waals surface area contributed by atoms with Crippen molar-refractivity contribution in [2.45, 2.75) is 19.8 Å². The van der Waals surface area contributed by atoms with Crippen molar-refractivity contribution in [3.63, 3.8) is 0 Å². The van der Waals surface area contributed by atoms with Gasteiger partial charge in [0.25, 0.3) is 0 Å². The van der Waals surface area contributed by atoms with E-state index in [1.807, 2.05) is 30.3 Å². The molecule has 0 spiro atoms. The van der Waals surface area contributed by atoms with Gasteiger partial charge in [-0.3, -0.25) is 0 Å². The lowest BCUT2D eigenvalue weighted by atomic mass is 10.3. The smallest absolute Gasteiger partial charge is 0.135 e. The van der Waals surface area contributed by atoms with Crippen LogP contribution in [0.5, 0.6) is 5.75 Å². The summed E-state index contributed by atoms with van der Waals surface area (Å²) in [7, 11) is 1.65. The minimum absolute atomic E-state index is 0.768. The number of nitrogens with zero attached hydrogens (tertiary/aromatic N) is 2. The van der Waals surface area contributed by atoms with E-state index in [-0.39, 0.29) is 0 Å². The van der Waals surface area contributed by atoms with Crippen LogP contribution in [0.4, 0.5) is 17.3 Å². The van der Waals surface area contributed by atoms with E-state index in [4.69, 9.17) is 4.74 Å². The minimum atomic E-state index is 0.768. The Morgan fingerprint density at radius 3 is 2.55 bits per heavy atom. The summed E-state index contributed by atoms with van der Waals surface area (Å²) >= 11 is 0. The Hall–Kier alpha value is -2.30. The van der Waals surface area contributed by atoms with Crippen LogP contribution in [0, 0.1) is 0 Å². The van der Waals surface area contributed by atoms with Crippen molar-refractivity contribution in [1.29, 1.82) is 0 Å². The molecule has 1 aromatic carbocycles. The fourth-order valence-electron chi connectivity index (χ4n) is 1.74. The van der Waals surface area contributed by atoms with Crippen LogP contribution < -0.4 is 15.4 Å². The third-order valence-corrected chi connectivity index (χ3v) is 2.87. The maximum atomic E-state index is 5.13. The Labute approximate surface area is 119 Å². The number of nitrogens with one attached hydrogen (secondary N) is 2. The first kappa shape index (κ1) is 14.1. The molecule has 0 aliphatic rings. The van der Waals surface area contributed by atoms with Gasteiger partial charge in [-0.25, -0.2) is 9.97 Å². The number of rotatable bonds is 7. The van der Waals surface area contributed by atoms with E-state index in [0.29, 0.717) is 0 Å². The fourth-order valence-corrected chi connectivity index (χ4v) is 1.74. The van der Waals surface area contributed by atoms with Crippen LogP contribution in [0.15, 0.2) is 36.7 Å². The van der Waals surface area contributed by atoms with E-state index in [1.54, 1.807) is 13.4 Å². The van der Waals surface area contributed by atoms with E-state index in [1.165, 1.54) is 0 Å². The normalized spacial score (nSPS) is 10.1. The molecule has 5 nitrogen and oxygen atoms in total. The number of methoxy groups -OCH3 is 1. The first-order valence-corrected chi connectivity index (χ1v) is 6.79. The quantitative estimate of drug-likeness (QED) is 0.756. The molecule has 2 rings (SSSR count). The Balaban J connectivity index is 1.99. The number of ether oxygens (including phenoxy) is 1. The highest BCUT2D eigenvalue weighted by atomic mass is 16.5. The predicted molar refractivity (Wildman–Crippen MR) is 81.7 cm³/mol. The van der Waals surface area contributed by atoms with Gasteiger partial charge in [-0.05, 0) is 30.7 Å². The van der Waals surface area contributed by atoms with Gasteiger partial charge in [-0.1, -0.05) is 13.3 Å². The second-order valence-electron chi connectivity index (χ2n) is 4.42. The maximum absolute atomic E-state index is 5.13. The van der Waals surface area contributed by atoms with Gasteiger partial charge in [0, 0.05) is 18.3 Å². The molecule has 1 heterocycles. The zero-order chi connectivity index (χ0) is 14.2. The van der Waals surface area contributed by atoms with Crippen LogP contribution in [-0.2, 0) is 0 Å². The second-order valence-corrected chi connectivity index (χ2v) is 4.42. The number of hydrogen-bond donors (Lipinski definition) is 2. The summed E-state index contributed by atoms with van der Waals surface area (Å²) in [6.45, 7) is 3.09. The summed E-state index contributed by atoms with van der Waals surface area (Å²) in [6.07, 6.45) is 3.85. The third-order valence-electron chi connectivity index (χ3n) is 2.87. The molecule has 0 unspecified atom stereocenters. The fraction of sp³-hybridized carbons (Fsp3) is 0.333. The van der Waals surface area contributed by atoms with Crippen molar-refractivity contribution in [1.82, 2.24) is 9.97 Å². The highest BCUT2D eigenvalue weighted by Gasteiger charge is 2.00. The topological polar surface area (TPSA) is 59.1 Å². The van der Waals surface area contributed by atoms with Gasteiger partial charge in [0.05, 0.1) is 7.11 Å². The number of hydrogen-bond acceptors (Lipinski definition) is 5. The van der Waals surface area contributed by atoms with Gasteiger partial charge in [0.2, 0.25) is 0 Å². The largest absolute Gasteiger partial charge is 0.497 e. The van der Waals surface area contributed by atoms with Gasteiger partial charge in [-0.2, -0.15) is 0 Å². The first-order chi connectivity index (χ1) is 9.81. The molecule has 0 radical (unpaired) electrons. The van der Waals surface area contributed by atoms with Crippen LogP contribution in [0.2, 0.25) is 0 Å². The Bertz CT molecular complexity index is 528. The average Bonchev–Trinajstić information content (AvgIpc) is 2.49. The summed E-state index contributed by atoms with van der Waals surface area (Å²) < 4.78 is 5.13. The molecule has 0 aliphatic heterocycles. The molecule has 2 N–H and O–H groups in total. The molecule has 20 heavy (non-hydrogen) atoms. The van der Waals surface area contributed by atoms with Crippen molar-refractivity contribution in [2.75, 3.05) is 24.3 Å². The van der Waals surface area contributed by atoms with Gasteiger partial charge in [-0.15, -0.1) is 0 Å². The van der Waals surface area contributed by atoms with E-state index in [0.717, 1.165) is 42.5 Å². The summed E-state index contributed by atoms with van der Waals surface area (Å²) in [5, 5.41) is 6.52. The van der Waals surface area contributed by atoms with Gasteiger partial charge >= 0.3 is 0 Å². The molecular formula is C15H20N4O. The lowest BCUT2D eigenvalue weighted by Gasteiger charge is -2.08. The Kier molecular flexibility index (Phi) is 5.17. The minimum Gasteiger partial charge on any atom is -0.497 e. The van der Waals surface area contributed by atoms with Crippen LogP contribution in [0.1, 0.15) is 19.8 Å². The van der Waals surface area contributed by atoms with Crippen molar-refractivity contribution in [3.05, 3.63) is 36.7 Å². The van der Waals surface area contributed by atoms with E-state index in [2.05, 4.69) is 27.5 Å². The number of benzene rings is 1. The van der Waals surface area contributed by atoms with E-state index in [9.17, 15) is 0 Å². The summed E-state index contributed by atoms with van der Waals surface area (Å²) in [5.74, 6) is 2.44. The van der Waals surface area contributed by atoms with Crippen LogP contribution in [-0.4, -0.2) is 23.6 Å². The highest BCUT2D eigenvalue weighted by Crippen LogP contribution is 2.19. The van der Waals surface area contributed by atoms with Crippen LogP contribution in [0.25, 0.3) is 0 Å². The van der Waals surface area contributed by atoms with Crippen LogP contribution >= 0.6 is 0 Å². The van der Waals surface area contributed by atoms with Gasteiger partial charge in [0.1, 0.15) is 23.7 Å². The summed E-state index contributed by atoms with van der Waals surface area (Å²) in [4.78, 5) is 8.41. The van der Waals surface area contributed by atoms with Crippen molar-refractivity contribution >= 4 is 17.3 Å². The lowest BCUT2D eigenvalue weighted by Crippen LogP contribution is -2.04. The molecule has 0 fully saturated rings. The summed E-state index contributed by atoms with van der Waals surface area (Å²) in [5.41, 5.74) is 0.962. The van der Waals surface area contributed by atoms with E-state index >= 15 is 0 Å². The molecular weight excluding hydrogens is 252 g/mol. The SMILES string of the molecule is CCCCNc1cc(Nc2ccc(OC)cc2)ncn1. The molecule has 2 aromatic rings. The molecule has 0 atom stereocenters. The molecule has 0 saturated carbocycles. The molecule has 0 amide bonds. The lowest BCUT2D eigenvalue weighted by molar-refractivity contribution is 0.415. The maximum Gasteiger partial charge on any atom is 0.135 e. The van der Waals surface area contributed by atoms with Crippen molar-refractivity contribution < 1.29 is 4.74 Å². The Morgan fingerprint density at radius 1 is 1.10 bits per heavy atom. The number of anilines is 3. The zero-order valence-electron chi connectivity index (χ0n) is 11.9. The third kappa shape index (κ3) is 4.12. The van der Waals surface area contributed by atoms with Crippen molar-refractivity contribution in [2.24, 2.45) is 0 Å². The van der Waals surface area contributed by atoms with E-state index < -0.39 is 0 Å². The monoisotopic (exact) mass is 272 g/mol. The molecule has 0 bridgehead atoms. The van der Waals surface area contributed by atoms with Gasteiger partial charge < -0.3 is 15.4 Å². The van der Waals surface area contributed by atoms with Crippen LogP contribution in [0.3, 0.4) is 0 Å². The molecule has 0 aliphatic carbocycles. The summed E-state index contributed by atoms with van der Waals surface area (Å²) in [6, 6.07) is 9.62. The first-order valence-electron chi connectivity index (χ1n) is 6.79. The molecule has 5 heteroatoms. The molecule has 106 valence electrons. The van der Waals surface area contributed by atoms with Crippen molar-refractivity contribution in [3.8, 4) is 5.75 Å². The zero-order valence-corrected chi connectivity index (χ0v) is 11.9. The molecule has 0 saturated heterocycles. The number of unbranched alkanes of at least 4 members (excludes halogenated alkanes) is 1. The predicted octanol–water partition coefficient (Wildman–Crippen LogP) is 3.44. The Morgan fingerprint density at radius 2 is 1.85 bits per heavy atom. The number of aromatic nitrogens is 2. The highest BCUT2D eigenvalue weighted by molar-refractivity contribution is 5.59. The second kappa shape index (κ2) is 7.33. The van der Waals surface area contributed by atoms with Gasteiger partial charge in [0.15, 0.2) is 0 Å².